The number of hydrogen-bond acceptors (Lipinski definition) is 3. The minimum absolute atomic E-state index is 0.147. The van der Waals surface area contributed by atoms with Crippen molar-refractivity contribution in [3.8, 4) is 0 Å². The minimum Gasteiger partial charge on any atom is -0.317 e. The van der Waals surface area contributed by atoms with Crippen LogP contribution in [-0.2, 0) is 4.79 Å². The summed E-state index contributed by atoms with van der Waals surface area (Å²) in [5.74, 6) is -0.445. The molecule has 0 spiro atoms. The van der Waals surface area contributed by atoms with E-state index in [0.29, 0.717) is 5.02 Å². The van der Waals surface area contributed by atoms with E-state index in [2.05, 4.69) is 5.32 Å². The molecular weight excluding hydrogens is 292 g/mol. The van der Waals surface area contributed by atoms with Crippen molar-refractivity contribution in [2.45, 2.75) is 0 Å². The third kappa shape index (κ3) is 4.15. The monoisotopic (exact) mass is 302 g/mol. The Hall–Kier alpha value is -2.66. The molecular formula is C15H11ClN2O3. The number of halogens is 1. The van der Waals surface area contributed by atoms with Gasteiger partial charge in [0.15, 0.2) is 0 Å². The average Bonchev–Trinajstić information content (AvgIpc) is 2.47. The molecule has 0 radical (unpaired) electrons. The van der Waals surface area contributed by atoms with Crippen LogP contribution in [0.4, 0.5) is 11.4 Å². The predicted molar refractivity (Wildman–Crippen MR) is 82.2 cm³/mol. The number of carbonyl (C=O) groups is 1. The topological polar surface area (TPSA) is 72.2 Å². The molecule has 106 valence electrons. The largest absolute Gasteiger partial charge is 0.317 e. The van der Waals surface area contributed by atoms with Gasteiger partial charge in [-0.15, -0.1) is 0 Å². The molecule has 0 aliphatic carbocycles. The van der Waals surface area contributed by atoms with Gasteiger partial charge in [0.25, 0.3) is 5.69 Å². The highest BCUT2D eigenvalue weighted by molar-refractivity contribution is 6.30. The molecule has 0 aromatic heterocycles. The van der Waals surface area contributed by atoms with Crippen LogP contribution in [0.2, 0.25) is 5.02 Å². The highest BCUT2D eigenvalue weighted by Crippen LogP contribution is 2.23. The molecule has 2 rings (SSSR count). The van der Waals surface area contributed by atoms with Crippen LogP contribution >= 0.6 is 11.6 Å². The Balaban J connectivity index is 2.08. The highest BCUT2D eigenvalue weighted by Gasteiger charge is 2.13. The van der Waals surface area contributed by atoms with E-state index in [-0.39, 0.29) is 11.4 Å². The summed E-state index contributed by atoms with van der Waals surface area (Å²) in [7, 11) is 0. The van der Waals surface area contributed by atoms with Gasteiger partial charge in [0.1, 0.15) is 5.69 Å². The Morgan fingerprint density at radius 3 is 2.48 bits per heavy atom. The van der Waals surface area contributed by atoms with Crippen LogP contribution in [0.25, 0.3) is 6.08 Å². The number of nitro benzene ring substituents is 1. The quantitative estimate of drug-likeness (QED) is 0.529. The summed E-state index contributed by atoms with van der Waals surface area (Å²) < 4.78 is 0. The summed E-state index contributed by atoms with van der Waals surface area (Å²) in [4.78, 5) is 22.1. The number of nitrogens with zero attached hydrogens (tertiary/aromatic N) is 1. The minimum atomic E-state index is -0.543. The van der Waals surface area contributed by atoms with Gasteiger partial charge in [-0.25, -0.2) is 0 Å². The third-order valence-electron chi connectivity index (χ3n) is 2.66. The van der Waals surface area contributed by atoms with Crippen molar-refractivity contribution in [3.63, 3.8) is 0 Å². The smallest absolute Gasteiger partial charge is 0.292 e. The molecule has 6 heteroatoms. The van der Waals surface area contributed by atoms with E-state index in [4.69, 9.17) is 11.6 Å². The second-order valence-electron chi connectivity index (χ2n) is 4.15. The number of para-hydroxylation sites is 2. The lowest BCUT2D eigenvalue weighted by atomic mass is 10.2. The van der Waals surface area contributed by atoms with Crippen LogP contribution in [-0.4, -0.2) is 10.8 Å². The van der Waals surface area contributed by atoms with Crippen molar-refractivity contribution in [3.05, 3.63) is 75.3 Å². The van der Waals surface area contributed by atoms with Crippen molar-refractivity contribution in [1.29, 1.82) is 0 Å². The number of benzene rings is 2. The van der Waals surface area contributed by atoms with Crippen molar-refractivity contribution >= 4 is 35.0 Å². The molecule has 0 unspecified atom stereocenters. The molecule has 2 aromatic rings. The van der Waals surface area contributed by atoms with Gasteiger partial charge in [0.05, 0.1) is 4.92 Å². The lowest BCUT2D eigenvalue weighted by molar-refractivity contribution is -0.383. The summed E-state index contributed by atoms with van der Waals surface area (Å²) in [6, 6.07) is 12.9. The summed E-state index contributed by atoms with van der Waals surface area (Å²) in [5.41, 5.74) is 0.816. The van der Waals surface area contributed by atoms with Crippen LogP contribution in [0.1, 0.15) is 5.56 Å². The molecule has 0 saturated carbocycles. The van der Waals surface area contributed by atoms with Gasteiger partial charge in [-0.2, -0.15) is 0 Å². The fraction of sp³-hybridized carbons (Fsp3) is 0. The van der Waals surface area contributed by atoms with Gasteiger partial charge in [-0.1, -0.05) is 35.9 Å². The number of carbonyl (C=O) groups excluding carboxylic acids is 1. The first kappa shape index (κ1) is 14.7. The zero-order valence-electron chi connectivity index (χ0n) is 10.8. The fourth-order valence-electron chi connectivity index (χ4n) is 1.66. The van der Waals surface area contributed by atoms with E-state index in [1.54, 1.807) is 36.4 Å². The number of amides is 1. The Morgan fingerprint density at radius 1 is 1.14 bits per heavy atom. The molecule has 2 aromatic carbocycles. The molecule has 0 saturated heterocycles. The summed E-state index contributed by atoms with van der Waals surface area (Å²) >= 11 is 5.76. The fourth-order valence-corrected chi connectivity index (χ4v) is 1.78. The number of nitro groups is 1. The van der Waals surface area contributed by atoms with Gasteiger partial charge in [0.2, 0.25) is 5.91 Å². The predicted octanol–water partition coefficient (Wildman–Crippen LogP) is 3.90. The Morgan fingerprint density at radius 2 is 1.81 bits per heavy atom. The molecule has 5 nitrogen and oxygen atoms in total. The van der Waals surface area contributed by atoms with E-state index in [1.807, 2.05) is 0 Å². The molecule has 1 N–H and O–H groups in total. The van der Waals surface area contributed by atoms with Crippen LogP contribution in [0.5, 0.6) is 0 Å². The third-order valence-corrected chi connectivity index (χ3v) is 2.91. The molecule has 0 heterocycles. The molecule has 0 aliphatic heterocycles. The van der Waals surface area contributed by atoms with E-state index >= 15 is 0 Å². The first-order valence-electron chi connectivity index (χ1n) is 6.04. The van der Waals surface area contributed by atoms with Crippen LogP contribution in [0, 0.1) is 10.1 Å². The molecule has 0 atom stereocenters. The standard InChI is InChI=1S/C15H11ClN2O3/c16-12-8-5-11(6-9-12)7-10-15(19)17-13-3-1-2-4-14(13)18(20)21/h1-10H,(H,17,19). The first-order chi connectivity index (χ1) is 10.1. The zero-order valence-corrected chi connectivity index (χ0v) is 11.6. The number of hydrogen-bond donors (Lipinski definition) is 1. The van der Waals surface area contributed by atoms with E-state index in [9.17, 15) is 14.9 Å². The van der Waals surface area contributed by atoms with Crippen molar-refractivity contribution in [1.82, 2.24) is 0 Å². The summed E-state index contributed by atoms with van der Waals surface area (Å²) in [6.45, 7) is 0. The lowest BCUT2D eigenvalue weighted by Crippen LogP contribution is -2.09. The molecule has 1 amide bonds. The number of rotatable bonds is 4. The maximum Gasteiger partial charge on any atom is 0.292 e. The van der Waals surface area contributed by atoms with E-state index in [0.717, 1.165) is 5.56 Å². The van der Waals surface area contributed by atoms with Gasteiger partial charge in [-0.05, 0) is 29.8 Å². The normalized spacial score (nSPS) is 10.5. The second kappa shape index (κ2) is 6.67. The number of anilines is 1. The molecule has 0 aliphatic rings. The second-order valence-corrected chi connectivity index (χ2v) is 4.58. The van der Waals surface area contributed by atoms with Gasteiger partial charge in [0, 0.05) is 17.2 Å². The van der Waals surface area contributed by atoms with Crippen LogP contribution in [0.3, 0.4) is 0 Å². The van der Waals surface area contributed by atoms with Crippen molar-refractivity contribution in [2.75, 3.05) is 5.32 Å². The van der Waals surface area contributed by atoms with Crippen LogP contribution in [0.15, 0.2) is 54.6 Å². The first-order valence-corrected chi connectivity index (χ1v) is 6.42. The lowest BCUT2D eigenvalue weighted by Gasteiger charge is -2.02. The molecule has 21 heavy (non-hydrogen) atoms. The molecule has 0 fully saturated rings. The zero-order chi connectivity index (χ0) is 15.2. The SMILES string of the molecule is O=C(C=Cc1ccc(Cl)cc1)Nc1ccccc1[N+](=O)[O-]. The van der Waals surface area contributed by atoms with E-state index in [1.165, 1.54) is 24.3 Å². The Labute approximate surface area is 126 Å². The Bertz CT molecular complexity index is 696. The van der Waals surface area contributed by atoms with Gasteiger partial charge in [-0.3, -0.25) is 14.9 Å². The Kier molecular flexibility index (Phi) is 4.68. The van der Waals surface area contributed by atoms with Gasteiger partial charge < -0.3 is 5.32 Å². The van der Waals surface area contributed by atoms with Gasteiger partial charge >= 0.3 is 0 Å². The summed E-state index contributed by atoms with van der Waals surface area (Å²) in [6.07, 6.45) is 2.90. The van der Waals surface area contributed by atoms with Crippen LogP contribution < -0.4 is 5.32 Å². The summed E-state index contributed by atoms with van der Waals surface area (Å²) in [5, 5.41) is 13.9. The maximum atomic E-state index is 11.8. The van der Waals surface area contributed by atoms with Crippen molar-refractivity contribution < 1.29 is 9.72 Å². The van der Waals surface area contributed by atoms with E-state index < -0.39 is 10.8 Å². The maximum absolute atomic E-state index is 11.8. The molecule has 0 bridgehead atoms. The number of nitrogens with one attached hydrogen (secondary N) is 1. The average molecular weight is 303 g/mol. The highest BCUT2D eigenvalue weighted by atomic mass is 35.5. The van der Waals surface area contributed by atoms with Crippen molar-refractivity contribution in [2.24, 2.45) is 0 Å².